The third-order valence-corrected chi connectivity index (χ3v) is 12.5. The lowest BCUT2D eigenvalue weighted by atomic mass is 9.96. The third-order valence-electron chi connectivity index (χ3n) is 6.53. The first-order chi connectivity index (χ1) is 13.9. The number of hydrogen-bond acceptors (Lipinski definition) is 1. The molecule has 0 aliphatic rings. The Kier molecular flexibility index (Phi) is 10.4. The number of hydrogen-bond donors (Lipinski definition) is 0. The van der Waals surface area contributed by atoms with Crippen molar-refractivity contribution >= 4 is 8.32 Å². The highest BCUT2D eigenvalue weighted by molar-refractivity contribution is 6.78. The molecule has 6 heteroatoms. The minimum atomic E-state index is -2.82. The van der Waals surface area contributed by atoms with E-state index in [1.807, 2.05) is 34.6 Å². The number of unbranched alkanes of at least 4 members (excludes halogenated alkanes) is 3. The molecule has 1 aromatic rings. The zero-order valence-corrected chi connectivity index (χ0v) is 20.8. The van der Waals surface area contributed by atoms with E-state index in [2.05, 4.69) is 13.8 Å². The van der Waals surface area contributed by atoms with Crippen molar-refractivity contribution < 1.29 is 22.0 Å². The van der Waals surface area contributed by atoms with Crippen LogP contribution in [0, 0.1) is 29.2 Å². The molecule has 30 heavy (non-hydrogen) atoms. The highest BCUT2D eigenvalue weighted by Gasteiger charge is 2.51. The summed E-state index contributed by atoms with van der Waals surface area (Å²) in [5, 5.41) is -0.342. The first-order valence-corrected chi connectivity index (χ1v) is 13.6. The monoisotopic (exact) mass is 448 g/mol. The second kappa shape index (κ2) is 11.5. The van der Waals surface area contributed by atoms with E-state index in [1.165, 1.54) is 25.7 Å². The molecule has 1 nitrogen and oxygen atoms in total. The van der Waals surface area contributed by atoms with E-state index in [0.29, 0.717) is 12.0 Å². The van der Waals surface area contributed by atoms with Crippen LogP contribution in [-0.2, 0) is 0 Å². The first kappa shape index (κ1) is 27.0. The molecule has 0 bridgehead atoms. The molecule has 1 aromatic carbocycles. The highest BCUT2D eigenvalue weighted by Crippen LogP contribution is 2.49. The van der Waals surface area contributed by atoms with Gasteiger partial charge in [0.25, 0.3) is 8.32 Å². The Morgan fingerprint density at radius 3 is 2.03 bits per heavy atom. The van der Waals surface area contributed by atoms with Crippen LogP contribution in [0.15, 0.2) is 6.07 Å². The van der Waals surface area contributed by atoms with Crippen LogP contribution in [0.3, 0.4) is 0 Å². The number of rotatable bonds is 12. The molecule has 0 N–H and O–H groups in total. The van der Waals surface area contributed by atoms with Gasteiger partial charge in [0, 0.05) is 6.07 Å². The highest BCUT2D eigenvalue weighted by atomic mass is 28.4. The molecule has 0 saturated heterocycles. The van der Waals surface area contributed by atoms with Crippen molar-refractivity contribution in [3.63, 3.8) is 0 Å². The molecular weight excluding hydrogens is 408 g/mol. The summed E-state index contributed by atoms with van der Waals surface area (Å²) in [4.78, 5) is 0. The van der Waals surface area contributed by atoms with Crippen LogP contribution < -0.4 is 4.43 Å². The van der Waals surface area contributed by atoms with Crippen molar-refractivity contribution in [1.82, 2.24) is 0 Å². The van der Waals surface area contributed by atoms with Gasteiger partial charge in [0.1, 0.15) is 0 Å². The van der Waals surface area contributed by atoms with E-state index in [4.69, 9.17) is 4.43 Å². The lowest BCUT2D eigenvalue weighted by Crippen LogP contribution is -2.53. The first-order valence-electron chi connectivity index (χ1n) is 11.4. The largest absolute Gasteiger partial charge is 0.539 e. The Balaban J connectivity index is 3.19. The number of halogens is 4. The molecule has 0 fully saturated rings. The molecular formula is C24H40F4OSi. The van der Waals surface area contributed by atoms with Crippen LogP contribution >= 0.6 is 0 Å². The average Bonchev–Trinajstić information content (AvgIpc) is 2.66. The number of benzene rings is 1. The normalized spacial score (nSPS) is 15.3. The Bertz CT molecular complexity index is 672. The van der Waals surface area contributed by atoms with Gasteiger partial charge in [-0.1, -0.05) is 87.0 Å². The summed E-state index contributed by atoms with van der Waals surface area (Å²) in [5.74, 6) is -6.21. The van der Waals surface area contributed by atoms with Gasteiger partial charge in [-0.05, 0) is 29.0 Å². The summed E-state index contributed by atoms with van der Waals surface area (Å²) in [6, 6.07) is 1.09. The van der Waals surface area contributed by atoms with Crippen LogP contribution in [0.5, 0.6) is 5.75 Å². The molecule has 0 amide bonds. The summed E-state index contributed by atoms with van der Waals surface area (Å²) in [5.41, 5.74) is 0.0435. The van der Waals surface area contributed by atoms with Crippen molar-refractivity contribution in [2.45, 2.75) is 110 Å². The lowest BCUT2D eigenvalue weighted by molar-refractivity contribution is 0.359. The van der Waals surface area contributed by atoms with E-state index < -0.39 is 37.3 Å². The maximum absolute atomic E-state index is 14.5. The molecule has 0 aliphatic heterocycles. The summed E-state index contributed by atoms with van der Waals surface area (Å²) < 4.78 is 62.3. The molecule has 0 spiro atoms. The Morgan fingerprint density at radius 1 is 0.900 bits per heavy atom. The fourth-order valence-electron chi connectivity index (χ4n) is 4.51. The van der Waals surface area contributed by atoms with Crippen molar-refractivity contribution in [2.24, 2.45) is 5.92 Å². The average molecular weight is 449 g/mol. The van der Waals surface area contributed by atoms with Crippen LogP contribution in [0.2, 0.25) is 16.6 Å². The minimum absolute atomic E-state index is 0.0435. The molecule has 174 valence electrons. The van der Waals surface area contributed by atoms with Crippen LogP contribution in [0.4, 0.5) is 17.6 Å². The summed E-state index contributed by atoms with van der Waals surface area (Å²) in [6.07, 6.45) is 7.94. The van der Waals surface area contributed by atoms with E-state index >= 15 is 0 Å². The predicted molar refractivity (Wildman–Crippen MR) is 119 cm³/mol. The Labute approximate surface area is 181 Å². The second-order valence-corrected chi connectivity index (χ2v) is 15.0. The van der Waals surface area contributed by atoms with E-state index in [1.54, 1.807) is 0 Å². The molecule has 0 aliphatic carbocycles. The van der Waals surface area contributed by atoms with Gasteiger partial charge in [-0.3, -0.25) is 0 Å². The van der Waals surface area contributed by atoms with Gasteiger partial charge in [0.15, 0.2) is 23.2 Å². The molecule has 0 aromatic heterocycles. The van der Waals surface area contributed by atoms with Gasteiger partial charge in [-0.2, -0.15) is 4.39 Å². The molecule has 1 rings (SSSR count). The van der Waals surface area contributed by atoms with Crippen molar-refractivity contribution in [2.75, 3.05) is 0 Å². The molecule has 0 heterocycles. The van der Waals surface area contributed by atoms with Gasteiger partial charge < -0.3 is 4.43 Å². The molecule has 0 radical (unpaired) electrons. The fourth-order valence-corrected chi connectivity index (χ4v) is 9.60. The molecule has 0 saturated carbocycles. The van der Waals surface area contributed by atoms with E-state index in [9.17, 15) is 17.6 Å². The van der Waals surface area contributed by atoms with Gasteiger partial charge in [-0.15, -0.1) is 0 Å². The zero-order chi connectivity index (χ0) is 23.1. The van der Waals surface area contributed by atoms with Crippen molar-refractivity contribution in [1.29, 1.82) is 0 Å². The molecule has 2 atom stereocenters. The summed E-state index contributed by atoms with van der Waals surface area (Å²) in [6.45, 7) is 14.5. The quantitative estimate of drug-likeness (QED) is 0.102. The van der Waals surface area contributed by atoms with Gasteiger partial charge in [0.05, 0.1) is 0 Å². The van der Waals surface area contributed by atoms with Gasteiger partial charge >= 0.3 is 0 Å². The Hall–Kier alpha value is -1.04. The second-order valence-electron chi connectivity index (χ2n) is 9.86. The summed E-state index contributed by atoms with van der Waals surface area (Å²) in [7, 11) is -2.82. The van der Waals surface area contributed by atoms with E-state index in [0.717, 1.165) is 25.3 Å². The van der Waals surface area contributed by atoms with Crippen molar-refractivity contribution in [3.8, 4) is 5.75 Å². The zero-order valence-electron chi connectivity index (χ0n) is 19.8. The minimum Gasteiger partial charge on any atom is -0.539 e. The van der Waals surface area contributed by atoms with Crippen molar-refractivity contribution in [3.05, 3.63) is 29.3 Å². The fraction of sp³-hybridized carbons (Fsp3) is 0.750. The molecule has 2 unspecified atom stereocenters. The van der Waals surface area contributed by atoms with Crippen LogP contribution in [-0.4, -0.2) is 8.32 Å². The predicted octanol–water partition coefficient (Wildman–Crippen LogP) is 9.16. The van der Waals surface area contributed by atoms with Crippen LogP contribution in [0.25, 0.3) is 0 Å². The third kappa shape index (κ3) is 6.48. The van der Waals surface area contributed by atoms with E-state index in [-0.39, 0.29) is 10.6 Å². The maximum Gasteiger partial charge on any atom is 0.259 e. The topological polar surface area (TPSA) is 9.23 Å². The smallest absolute Gasteiger partial charge is 0.259 e. The summed E-state index contributed by atoms with van der Waals surface area (Å²) >= 11 is 0. The SMILES string of the molecule is CCCCCCC(CC)CC[Si](Oc1c(F)cc(F)c(F)c1F)(C(C)C)C(C)(C)C. The van der Waals surface area contributed by atoms with Gasteiger partial charge in [-0.25, -0.2) is 13.2 Å². The van der Waals surface area contributed by atoms with Crippen LogP contribution in [0.1, 0.15) is 93.4 Å². The maximum atomic E-state index is 14.5. The standard InChI is InChI=1S/C24H40F4OSi/c1-8-10-11-12-13-18(9-2)14-15-30(17(3)4,24(5,6)7)29-23-20(26)16-19(25)21(27)22(23)28/h16-18H,8-15H2,1-7H3. The Morgan fingerprint density at radius 2 is 1.53 bits per heavy atom. The lowest BCUT2D eigenvalue weighted by Gasteiger charge is -2.46. The van der Waals surface area contributed by atoms with Gasteiger partial charge in [0.2, 0.25) is 5.82 Å².